The molecule has 2 N–H and O–H groups in total. The molecule has 0 amide bonds. The van der Waals surface area contributed by atoms with Crippen LogP contribution in [-0.4, -0.2) is 42.2 Å². The zero-order valence-electron chi connectivity index (χ0n) is 11.4. The van der Waals surface area contributed by atoms with Crippen LogP contribution in [0.2, 0.25) is 0 Å². The summed E-state index contributed by atoms with van der Waals surface area (Å²) in [6.45, 7) is 6.76. The quantitative estimate of drug-likeness (QED) is 0.793. The van der Waals surface area contributed by atoms with Crippen LogP contribution < -0.4 is 15.5 Å². The maximum Gasteiger partial charge on any atom is 0.137 e. The molecule has 19 heavy (non-hydrogen) atoms. The third-order valence-corrected chi connectivity index (χ3v) is 4.88. The second-order valence-corrected chi connectivity index (χ2v) is 6.08. The van der Waals surface area contributed by atoms with Crippen molar-refractivity contribution < 1.29 is 0 Å². The van der Waals surface area contributed by atoms with Crippen LogP contribution >= 0.6 is 0 Å². The van der Waals surface area contributed by atoms with E-state index in [1.807, 2.05) is 0 Å². The molecule has 3 aliphatic rings. The van der Waals surface area contributed by atoms with Crippen LogP contribution in [0.5, 0.6) is 0 Å². The summed E-state index contributed by atoms with van der Waals surface area (Å²) in [5.74, 6) is 3.52. The van der Waals surface area contributed by atoms with Crippen molar-refractivity contribution in [2.45, 2.75) is 31.7 Å². The number of rotatable bonds is 1. The van der Waals surface area contributed by atoms with E-state index in [1.54, 1.807) is 6.33 Å². The summed E-state index contributed by atoms with van der Waals surface area (Å²) < 4.78 is 0. The van der Waals surface area contributed by atoms with Gasteiger partial charge in [0.15, 0.2) is 0 Å². The molecule has 5 nitrogen and oxygen atoms in total. The summed E-state index contributed by atoms with van der Waals surface area (Å²) in [7, 11) is 0. The Morgan fingerprint density at radius 1 is 1.32 bits per heavy atom. The lowest BCUT2D eigenvalue weighted by Gasteiger charge is -2.42. The molecule has 3 atom stereocenters. The van der Waals surface area contributed by atoms with Crippen LogP contribution in [0.25, 0.3) is 0 Å². The third kappa shape index (κ3) is 1.71. The summed E-state index contributed by atoms with van der Waals surface area (Å²) in [5, 5.41) is 6.96. The molecule has 0 radical (unpaired) electrons. The lowest BCUT2D eigenvalue weighted by molar-refractivity contribution is 0.376. The van der Waals surface area contributed by atoms with Gasteiger partial charge in [-0.1, -0.05) is 6.92 Å². The van der Waals surface area contributed by atoms with Gasteiger partial charge in [-0.3, -0.25) is 0 Å². The van der Waals surface area contributed by atoms with Gasteiger partial charge in [-0.25, -0.2) is 9.97 Å². The van der Waals surface area contributed by atoms with E-state index in [0.717, 1.165) is 32.0 Å². The fourth-order valence-corrected chi connectivity index (χ4v) is 3.84. The van der Waals surface area contributed by atoms with Gasteiger partial charge in [0.05, 0.1) is 0 Å². The van der Waals surface area contributed by atoms with Crippen molar-refractivity contribution in [3.05, 3.63) is 11.9 Å². The van der Waals surface area contributed by atoms with Crippen molar-refractivity contribution in [3.63, 3.8) is 0 Å². The van der Waals surface area contributed by atoms with Crippen LogP contribution in [0.3, 0.4) is 0 Å². The van der Waals surface area contributed by atoms with Crippen molar-refractivity contribution in [1.29, 1.82) is 0 Å². The molecule has 1 aromatic heterocycles. The highest BCUT2D eigenvalue weighted by Gasteiger charge is 2.40. The first kappa shape index (κ1) is 11.5. The highest BCUT2D eigenvalue weighted by molar-refractivity contribution is 5.66. The summed E-state index contributed by atoms with van der Waals surface area (Å²) in [4.78, 5) is 11.5. The smallest absolute Gasteiger partial charge is 0.137 e. The molecule has 0 aliphatic carbocycles. The van der Waals surface area contributed by atoms with Crippen LogP contribution in [-0.2, 0) is 0 Å². The van der Waals surface area contributed by atoms with Crippen molar-refractivity contribution >= 4 is 11.6 Å². The molecule has 3 aliphatic heterocycles. The SMILES string of the molecule is CC1CN([C@@H]2CCCNC2)c2ncnc3c2C1CN3. The second kappa shape index (κ2) is 4.34. The zero-order valence-corrected chi connectivity index (χ0v) is 11.4. The van der Waals surface area contributed by atoms with E-state index in [9.17, 15) is 0 Å². The number of nitrogens with one attached hydrogen (secondary N) is 2. The number of aromatic nitrogens is 2. The van der Waals surface area contributed by atoms with Crippen molar-refractivity contribution in [2.24, 2.45) is 5.92 Å². The van der Waals surface area contributed by atoms with Gasteiger partial charge in [-0.15, -0.1) is 0 Å². The number of anilines is 2. The largest absolute Gasteiger partial charge is 0.369 e. The van der Waals surface area contributed by atoms with Gasteiger partial charge in [-0.05, 0) is 25.3 Å². The number of piperidine rings is 1. The number of hydrogen-bond acceptors (Lipinski definition) is 5. The Hall–Kier alpha value is -1.36. The minimum absolute atomic E-state index is 0.594. The Bertz CT molecular complexity index is 483. The maximum atomic E-state index is 4.61. The van der Waals surface area contributed by atoms with E-state index in [-0.39, 0.29) is 0 Å². The highest BCUT2D eigenvalue weighted by Crippen LogP contribution is 2.45. The van der Waals surface area contributed by atoms with Crippen LogP contribution in [0.15, 0.2) is 6.33 Å². The predicted octanol–water partition coefficient (Wildman–Crippen LogP) is 1.19. The molecule has 1 fully saturated rings. The monoisotopic (exact) mass is 259 g/mol. The van der Waals surface area contributed by atoms with Crippen molar-refractivity contribution in [1.82, 2.24) is 15.3 Å². The fraction of sp³-hybridized carbons (Fsp3) is 0.714. The van der Waals surface area contributed by atoms with Gasteiger partial charge in [0, 0.05) is 37.2 Å². The van der Waals surface area contributed by atoms with E-state index in [4.69, 9.17) is 0 Å². The van der Waals surface area contributed by atoms with E-state index in [0.29, 0.717) is 17.9 Å². The van der Waals surface area contributed by atoms with Gasteiger partial charge < -0.3 is 15.5 Å². The highest BCUT2D eigenvalue weighted by atomic mass is 15.3. The Morgan fingerprint density at radius 3 is 3.11 bits per heavy atom. The van der Waals surface area contributed by atoms with E-state index in [2.05, 4.69) is 32.4 Å². The van der Waals surface area contributed by atoms with Crippen LogP contribution in [0, 0.1) is 5.92 Å². The Labute approximate surface area is 113 Å². The molecule has 0 saturated carbocycles. The summed E-state index contributed by atoms with van der Waals surface area (Å²) in [6.07, 6.45) is 4.25. The van der Waals surface area contributed by atoms with Gasteiger partial charge >= 0.3 is 0 Å². The molecule has 5 heteroatoms. The average molecular weight is 259 g/mol. The lowest BCUT2D eigenvalue weighted by atomic mass is 9.85. The molecule has 4 rings (SSSR count). The predicted molar refractivity (Wildman–Crippen MR) is 75.7 cm³/mol. The minimum Gasteiger partial charge on any atom is -0.369 e. The first-order valence-electron chi connectivity index (χ1n) is 7.40. The Balaban J connectivity index is 1.74. The molecule has 1 aromatic rings. The Morgan fingerprint density at radius 2 is 2.26 bits per heavy atom. The fourth-order valence-electron chi connectivity index (χ4n) is 3.84. The van der Waals surface area contributed by atoms with Gasteiger partial charge in [0.2, 0.25) is 0 Å². The summed E-state index contributed by atoms with van der Waals surface area (Å²) in [6, 6.07) is 0.594. The summed E-state index contributed by atoms with van der Waals surface area (Å²) in [5.41, 5.74) is 1.37. The van der Waals surface area contributed by atoms with Crippen molar-refractivity contribution in [3.8, 4) is 0 Å². The van der Waals surface area contributed by atoms with E-state index in [1.165, 1.54) is 24.2 Å². The van der Waals surface area contributed by atoms with Gasteiger partial charge in [0.1, 0.15) is 18.0 Å². The molecular formula is C14H21N5. The topological polar surface area (TPSA) is 53.1 Å². The number of hydrogen-bond donors (Lipinski definition) is 2. The van der Waals surface area contributed by atoms with Gasteiger partial charge in [0.25, 0.3) is 0 Å². The molecule has 0 aromatic carbocycles. The summed E-state index contributed by atoms with van der Waals surface area (Å²) >= 11 is 0. The third-order valence-electron chi connectivity index (χ3n) is 4.88. The Kier molecular flexibility index (Phi) is 2.62. The molecule has 102 valence electrons. The zero-order chi connectivity index (χ0) is 12.8. The molecule has 1 saturated heterocycles. The normalized spacial score (nSPS) is 32.9. The minimum atomic E-state index is 0.594. The molecule has 0 spiro atoms. The number of nitrogens with zero attached hydrogens (tertiary/aromatic N) is 3. The van der Waals surface area contributed by atoms with Crippen LogP contribution in [0.4, 0.5) is 11.6 Å². The van der Waals surface area contributed by atoms with E-state index >= 15 is 0 Å². The van der Waals surface area contributed by atoms with E-state index < -0.39 is 0 Å². The lowest BCUT2D eigenvalue weighted by Crippen LogP contribution is -2.50. The van der Waals surface area contributed by atoms with Crippen molar-refractivity contribution in [2.75, 3.05) is 36.4 Å². The van der Waals surface area contributed by atoms with Crippen LogP contribution in [0.1, 0.15) is 31.2 Å². The molecule has 2 unspecified atom stereocenters. The molecular weight excluding hydrogens is 238 g/mol. The first-order chi connectivity index (χ1) is 9.34. The molecule has 4 heterocycles. The standard InChI is InChI=1S/C14H21N5/c1-9-7-19(10-3-2-4-15-5-10)14-12-11(9)6-16-13(12)17-8-18-14/h8-11,15H,2-7H2,1H3,(H,16,17,18)/t9?,10-,11?/m1/s1. The second-order valence-electron chi connectivity index (χ2n) is 6.08. The van der Waals surface area contributed by atoms with Gasteiger partial charge in [-0.2, -0.15) is 0 Å². The first-order valence-corrected chi connectivity index (χ1v) is 7.40. The molecule has 0 bridgehead atoms. The average Bonchev–Trinajstić information content (AvgIpc) is 2.89. The maximum absolute atomic E-state index is 4.61.